The average molecular weight is 303 g/mol. The number of nitrogens with zero attached hydrogens (tertiary/aromatic N) is 2. The lowest BCUT2D eigenvalue weighted by atomic mass is 10.2. The predicted octanol–water partition coefficient (Wildman–Crippen LogP) is 3.71. The maximum atomic E-state index is 13.0. The number of hydrogen-bond acceptors (Lipinski definition) is 4. The van der Waals surface area contributed by atoms with Crippen LogP contribution in [0.25, 0.3) is 0 Å². The van der Waals surface area contributed by atoms with Gasteiger partial charge in [0, 0.05) is 5.69 Å². The second-order valence-electron chi connectivity index (χ2n) is 3.70. The molecule has 0 radical (unpaired) electrons. The summed E-state index contributed by atoms with van der Waals surface area (Å²) < 4.78 is 41.7. The van der Waals surface area contributed by atoms with Crippen LogP contribution in [-0.4, -0.2) is 14.6 Å². The smallest absolute Gasteiger partial charge is 0.283 e. The zero-order valence-corrected chi connectivity index (χ0v) is 11.3. The van der Waals surface area contributed by atoms with Gasteiger partial charge in [-0.05, 0) is 42.2 Å². The molecule has 0 fully saturated rings. The minimum atomic E-state index is -2.73. The summed E-state index contributed by atoms with van der Waals surface area (Å²) in [5.41, 5.74) is 0.737. The van der Waals surface area contributed by atoms with E-state index in [0.717, 1.165) is 11.5 Å². The van der Waals surface area contributed by atoms with Gasteiger partial charge in [-0.1, -0.05) is 16.7 Å². The summed E-state index contributed by atoms with van der Waals surface area (Å²) in [4.78, 5) is 0.216. The summed E-state index contributed by atoms with van der Waals surface area (Å²) in [7, 11) is 0. The minimum Gasteiger partial charge on any atom is -0.345 e. The molecule has 0 unspecified atom stereocenters. The molecule has 0 saturated heterocycles. The van der Waals surface area contributed by atoms with Crippen molar-refractivity contribution < 1.29 is 13.2 Å². The first-order valence-electron chi connectivity index (χ1n) is 5.17. The Hall–Kier alpha value is -1.54. The third-order valence-electron chi connectivity index (χ3n) is 2.36. The topological polar surface area (TPSA) is 37.8 Å². The number of anilines is 1. The van der Waals surface area contributed by atoms with Crippen LogP contribution in [0.15, 0.2) is 18.2 Å². The Morgan fingerprint density at radius 2 is 2.16 bits per heavy atom. The van der Waals surface area contributed by atoms with Crippen molar-refractivity contribution in [2.45, 2.75) is 13.3 Å². The molecule has 19 heavy (non-hydrogen) atoms. The molecule has 0 bridgehead atoms. The Bertz CT molecular complexity index is 613. The number of aryl methyl sites for hydroxylation is 1. The Balaban J connectivity index is 2.23. The van der Waals surface area contributed by atoms with Crippen molar-refractivity contribution >= 4 is 34.4 Å². The highest BCUT2D eigenvalue weighted by molar-refractivity contribution is 7.81. The number of rotatable bonds is 3. The standard InChI is InChI=1S/C11H8F3N3S2/c1-5-4-6(12)2-3-7(5)15-11(18)9-8(10(13)14)16-17-19-9/h2-4,10H,1H3,(H,15,18). The molecule has 0 aliphatic carbocycles. The van der Waals surface area contributed by atoms with Crippen LogP contribution >= 0.6 is 23.8 Å². The van der Waals surface area contributed by atoms with E-state index in [9.17, 15) is 13.2 Å². The van der Waals surface area contributed by atoms with E-state index in [2.05, 4.69) is 14.9 Å². The fraction of sp³-hybridized carbons (Fsp3) is 0.182. The fourth-order valence-corrected chi connectivity index (χ4v) is 2.34. The van der Waals surface area contributed by atoms with E-state index in [-0.39, 0.29) is 15.7 Å². The van der Waals surface area contributed by atoms with E-state index >= 15 is 0 Å². The highest BCUT2D eigenvalue weighted by atomic mass is 32.1. The van der Waals surface area contributed by atoms with Gasteiger partial charge in [-0.15, -0.1) is 5.10 Å². The summed E-state index contributed by atoms with van der Waals surface area (Å²) >= 11 is 5.84. The number of nitrogens with one attached hydrogen (secondary N) is 1. The monoisotopic (exact) mass is 303 g/mol. The second-order valence-corrected chi connectivity index (χ2v) is 4.86. The first kappa shape index (κ1) is 13.9. The lowest BCUT2D eigenvalue weighted by Gasteiger charge is -2.09. The maximum absolute atomic E-state index is 13.0. The van der Waals surface area contributed by atoms with Crippen LogP contribution in [0, 0.1) is 12.7 Å². The van der Waals surface area contributed by atoms with Crippen LogP contribution in [0.4, 0.5) is 18.9 Å². The van der Waals surface area contributed by atoms with Crippen molar-refractivity contribution in [2.24, 2.45) is 0 Å². The van der Waals surface area contributed by atoms with E-state index in [1.54, 1.807) is 6.92 Å². The quantitative estimate of drug-likeness (QED) is 0.877. The van der Waals surface area contributed by atoms with Gasteiger partial charge in [0.05, 0.1) is 0 Å². The van der Waals surface area contributed by atoms with Gasteiger partial charge >= 0.3 is 0 Å². The zero-order chi connectivity index (χ0) is 14.0. The van der Waals surface area contributed by atoms with Crippen LogP contribution in [-0.2, 0) is 0 Å². The zero-order valence-electron chi connectivity index (χ0n) is 9.65. The summed E-state index contributed by atoms with van der Waals surface area (Å²) in [6, 6.07) is 4.08. The van der Waals surface area contributed by atoms with Gasteiger partial charge in [-0.2, -0.15) is 0 Å². The van der Waals surface area contributed by atoms with Gasteiger partial charge < -0.3 is 5.32 Å². The summed E-state index contributed by atoms with van der Waals surface area (Å²) in [6.07, 6.45) is -2.73. The van der Waals surface area contributed by atoms with E-state index < -0.39 is 12.1 Å². The first-order chi connectivity index (χ1) is 8.99. The minimum absolute atomic E-state index is 0.0972. The molecule has 0 aliphatic rings. The number of aromatic nitrogens is 2. The normalized spacial score (nSPS) is 10.8. The Kier molecular flexibility index (Phi) is 4.11. The summed E-state index contributed by atoms with van der Waals surface area (Å²) in [6.45, 7) is 1.69. The van der Waals surface area contributed by atoms with Crippen molar-refractivity contribution in [3.8, 4) is 0 Å². The van der Waals surface area contributed by atoms with Crippen molar-refractivity contribution in [1.82, 2.24) is 9.59 Å². The van der Waals surface area contributed by atoms with Crippen LogP contribution in [0.3, 0.4) is 0 Å². The SMILES string of the molecule is Cc1cc(F)ccc1NC(=S)c1snnc1C(F)F. The average Bonchev–Trinajstić information content (AvgIpc) is 2.82. The third kappa shape index (κ3) is 3.07. The molecule has 100 valence electrons. The molecule has 0 atom stereocenters. The van der Waals surface area contributed by atoms with Gasteiger partial charge in [0.25, 0.3) is 6.43 Å². The van der Waals surface area contributed by atoms with Crippen LogP contribution < -0.4 is 5.32 Å². The number of thiocarbonyl (C=S) groups is 1. The van der Waals surface area contributed by atoms with E-state index in [0.29, 0.717) is 11.3 Å². The molecule has 2 aromatic rings. The number of benzene rings is 1. The molecular weight excluding hydrogens is 295 g/mol. The summed E-state index contributed by atoms with van der Waals surface area (Å²) in [5, 5.41) is 6.14. The lowest BCUT2D eigenvalue weighted by Crippen LogP contribution is -2.12. The molecule has 1 aromatic heterocycles. The molecular formula is C11H8F3N3S2. The highest BCUT2D eigenvalue weighted by Gasteiger charge is 2.21. The Morgan fingerprint density at radius 1 is 1.42 bits per heavy atom. The first-order valence-corrected chi connectivity index (χ1v) is 6.35. The Morgan fingerprint density at radius 3 is 2.79 bits per heavy atom. The molecule has 3 nitrogen and oxygen atoms in total. The van der Waals surface area contributed by atoms with Crippen molar-refractivity contribution in [2.75, 3.05) is 5.32 Å². The highest BCUT2D eigenvalue weighted by Crippen LogP contribution is 2.25. The van der Waals surface area contributed by atoms with Gasteiger partial charge in [0.2, 0.25) is 0 Å². The largest absolute Gasteiger partial charge is 0.345 e. The van der Waals surface area contributed by atoms with Crippen molar-refractivity contribution in [1.29, 1.82) is 0 Å². The van der Waals surface area contributed by atoms with Crippen LogP contribution in [0.5, 0.6) is 0 Å². The molecule has 1 heterocycles. The fourth-order valence-electron chi connectivity index (χ4n) is 1.44. The summed E-state index contributed by atoms with van der Waals surface area (Å²) in [5.74, 6) is -0.373. The van der Waals surface area contributed by atoms with Gasteiger partial charge in [-0.25, -0.2) is 13.2 Å². The van der Waals surface area contributed by atoms with E-state index in [1.165, 1.54) is 18.2 Å². The van der Waals surface area contributed by atoms with E-state index in [1.807, 2.05) is 0 Å². The molecule has 2 rings (SSSR count). The van der Waals surface area contributed by atoms with Gasteiger partial charge in [0.1, 0.15) is 15.7 Å². The van der Waals surface area contributed by atoms with Gasteiger partial charge in [-0.3, -0.25) is 0 Å². The third-order valence-corrected chi connectivity index (χ3v) is 3.56. The number of hydrogen-bond donors (Lipinski definition) is 1. The Labute approximate surface area is 116 Å². The maximum Gasteiger partial charge on any atom is 0.283 e. The molecule has 1 aromatic carbocycles. The van der Waals surface area contributed by atoms with Gasteiger partial charge in [0.15, 0.2) is 5.69 Å². The molecule has 0 saturated carbocycles. The van der Waals surface area contributed by atoms with E-state index in [4.69, 9.17) is 12.2 Å². The number of halogens is 3. The van der Waals surface area contributed by atoms with Crippen LogP contribution in [0.2, 0.25) is 0 Å². The molecule has 8 heteroatoms. The lowest BCUT2D eigenvalue weighted by molar-refractivity contribution is 0.146. The van der Waals surface area contributed by atoms with Crippen molar-refractivity contribution in [3.63, 3.8) is 0 Å². The second kappa shape index (κ2) is 5.62. The number of alkyl halides is 2. The molecule has 0 aliphatic heterocycles. The van der Waals surface area contributed by atoms with Crippen molar-refractivity contribution in [3.05, 3.63) is 40.2 Å². The molecule has 1 N–H and O–H groups in total. The molecule has 0 spiro atoms. The van der Waals surface area contributed by atoms with Crippen LogP contribution in [0.1, 0.15) is 22.6 Å². The predicted molar refractivity (Wildman–Crippen MR) is 71.3 cm³/mol. The molecule has 0 amide bonds.